The number of hydrogen-bond acceptors (Lipinski definition) is 5. The van der Waals surface area contributed by atoms with Crippen molar-refractivity contribution in [1.82, 2.24) is 9.80 Å². The largest absolute Gasteiger partial charge is 0.507 e. The number of amides is 1. The number of rotatable bonds is 9. The Balaban J connectivity index is 1.78. The van der Waals surface area contributed by atoms with Gasteiger partial charge in [0.25, 0.3) is 11.7 Å². The maximum absolute atomic E-state index is 15.0. The summed E-state index contributed by atoms with van der Waals surface area (Å²) in [5.41, 5.74) is 0.475. The van der Waals surface area contributed by atoms with E-state index >= 15 is 0 Å². The Hall–Kier alpha value is -3.71. The van der Waals surface area contributed by atoms with Crippen molar-refractivity contribution in [2.45, 2.75) is 26.3 Å². The van der Waals surface area contributed by atoms with Crippen molar-refractivity contribution >= 4 is 28.2 Å². The summed E-state index contributed by atoms with van der Waals surface area (Å²) in [5, 5.41) is 13.0. The molecule has 1 aliphatic rings. The van der Waals surface area contributed by atoms with Gasteiger partial charge in [-0.3, -0.25) is 9.59 Å². The first kappa shape index (κ1) is 25.4. The van der Waals surface area contributed by atoms with Gasteiger partial charge in [0, 0.05) is 17.7 Å². The minimum atomic E-state index is -1.01. The van der Waals surface area contributed by atoms with Crippen LogP contribution < -0.4 is 4.74 Å². The zero-order valence-electron chi connectivity index (χ0n) is 20.8. The average Bonchev–Trinajstić information content (AvgIpc) is 3.15. The lowest BCUT2D eigenvalue weighted by atomic mass is 9.94. The third-order valence-corrected chi connectivity index (χ3v) is 6.83. The summed E-state index contributed by atoms with van der Waals surface area (Å²) in [6.45, 7) is 6.89. The zero-order valence-corrected chi connectivity index (χ0v) is 20.8. The quantitative estimate of drug-likeness (QED) is 0.256. The first-order valence-electron chi connectivity index (χ1n) is 12.2. The smallest absolute Gasteiger partial charge is 0.295 e. The fourth-order valence-electron chi connectivity index (χ4n) is 4.79. The third-order valence-electron chi connectivity index (χ3n) is 6.83. The van der Waals surface area contributed by atoms with Crippen molar-refractivity contribution < 1.29 is 23.8 Å². The summed E-state index contributed by atoms with van der Waals surface area (Å²) in [5.74, 6) is -1.68. The van der Waals surface area contributed by atoms with Crippen LogP contribution in [0.15, 0.2) is 66.2 Å². The first-order valence-corrected chi connectivity index (χ1v) is 12.2. The molecule has 3 aromatic rings. The van der Waals surface area contributed by atoms with E-state index in [-0.39, 0.29) is 23.4 Å². The average molecular weight is 491 g/mol. The molecule has 1 N–H and O–H groups in total. The summed E-state index contributed by atoms with van der Waals surface area (Å²) in [6.07, 6.45) is 0.623. The molecule has 188 valence electrons. The molecule has 0 aliphatic carbocycles. The second kappa shape index (κ2) is 10.9. The molecule has 6 nitrogen and oxygen atoms in total. The minimum absolute atomic E-state index is 0.0965. The lowest BCUT2D eigenvalue weighted by molar-refractivity contribution is -0.140. The van der Waals surface area contributed by atoms with Crippen LogP contribution >= 0.6 is 0 Å². The predicted molar refractivity (Wildman–Crippen MR) is 138 cm³/mol. The van der Waals surface area contributed by atoms with Crippen LogP contribution in [0.1, 0.15) is 37.4 Å². The number of carbonyl (C=O) groups is 2. The molecule has 1 aliphatic heterocycles. The Morgan fingerprint density at radius 1 is 1.03 bits per heavy atom. The second-order valence-electron chi connectivity index (χ2n) is 8.82. The van der Waals surface area contributed by atoms with Crippen molar-refractivity contribution in [3.8, 4) is 5.75 Å². The number of nitrogens with zero attached hydrogens (tertiary/aromatic N) is 2. The molecule has 3 aromatic carbocycles. The Bertz CT molecular complexity index is 1320. The van der Waals surface area contributed by atoms with Gasteiger partial charge < -0.3 is 19.6 Å². The summed E-state index contributed by atoms with van der Waals surface area (Å²) < 4.78 is 20.2. The van der Waals surface area contributed by atoms with Crippen LogP contribution in [0.5, 0.6) is 5.75 Å². The summed E-state index contributed by atoms with van der Waals surface area (Å²) in [7, 11) is 1.59. The Morgan fingerprint density at radius 3 is 2.42 bits per heavy atom. The number of ketones is 1. The van der Waals surface area contributed by atoms with E-state index in [1.807, 2.05) is 18.2 Å². The zero-order chi connectivity index (χ0) is 25.8. The van der Waals surface area contributed by atoms with Gasteiger partial charge in [0.15, 0.2) is 0 Å². The van der Waals surface area contributed by atoms with Gasteiger partial charge in [-0.15, -0.1) is 0 Å². The van der Waals surface area contributed by atoms with E-state index < -0.39 is 23.5 Å². The van der Waals surface area contributed by atoms with E-state index in [0.717, 1.165) is 30.4 Å². The highest BCUT2D eigenvalue weighted by Crippen LogP contribution is 2.40. The molecule has 1 saturated heterocycles. The number of hydrogen-bond donors (Lipinski definition) is 1. The van der Waals surface area contributed by atoms with Gasteiger partial charge in [-0.2, -0.15) is 0 Å². The monoisotopic (exact) mass is 490 g/mol. The number of fused-ring (bicyclic) bond motifs is 1. The summed E-state index contributed by atoms with van der Waals surface area (Å²) in [4.78, 5) is 30.0. The summed E-state index contributed by atoms with van der Waals surface area (Å²) >= 11 is 0. The van der Waals surface area contributed by atoms with E-state index in [9.17, 15) is 19.1 Å². The van der Waals surface area contributed by atoms with E-state index in [4.69, 9.17) is 4.74 Å². The predicted octanol–water partition coefficient (Wildman–Crippen LogP) is 5.14. The highest BCUT2D eigenvalue weighted by atomic mass is 19.1. The number of likely N-dealkylation sites (tertiary alicyclic amines) is 1. The van der Waals surface area contributed by atoms with Crippen LogP contribution in [0.4, 0.5) is 4.39 Å². The van der Waals surface area contributed by atoms with Gasteiger partial charge in [-0.25, -0.2) is 4.39 Å². The molecule has 0 aromatic heterocycles. The standard InChI is InChI=1S/C29H31FN2O4/c1-4-31(5-2)15-8-16-32-26(23-9-6-7-10-24(23)30)25(28(34)29(32)35)27(33)21-12-11-20-18-22(36-3)14-13-19(20)17-21/h6-7,9-14,17-18,26,33H,4-5,8,15-16H2,1-3H3/b27-25+. The first-order chi connectivity index (χ1) is 17.4. The van der Waals surface area contributed by atoms with E-state index in [1.165, 1.54) is 11.0 Å². The maximum atomic E-state index is 15.0. The molecule has 1 atom stereocenters. The van der Waals surface area contributed by atoms with Crippen LogP contribution in [0.2, 0.25) is 0 Å². The van der Waals surface area contributed by atoms with Crippen molar-refractivity contribution in [2.24, 2.45) is 0 Å². The fourth-order valence-corrected chi connectivity index (χ4v) is 4.79. The van der Waals surface area contributed by atoms with E-state index in [1.54, 1.807) is 43.5 Å². The number of carbonyl (C=O) groups excluding carboxylic acids is 2. The third kappa shape index (κ3) is 4.84. The number of aliphatic hydroxyl groups excluding tert-OH is 1. The number of methoxy groups -OCH3 is 1. The highest BCUT2D eigenvalue weighted by molar-refractivity contribution is 6.46. The topological polar surface area (TPSA) is 70.1 Å². The molecule has 36 heavy (non-hydrogen) atoms. The van der Waals surface area contributed by atoms with Gasteiger partial charge >= 0.3 is 0 Å². The van der Waals surface area contributed by atoms with Crippen LogP contribution in [0.25, 0.3) is 16.5 Å². The van der Waals surface area contributed by atoms with Crippen LogP contribution in [-0.4, -0.2) is 59.9 Å². The van der Waals surface area contributed by atoms with Gasteiger partial charge in [-0.05, 0) is 61.1 Å². The molecule has 4 rings (SSSR count). The van der Waals surface area contributed by atoms with E-state index in [0.29, 0.717) is 17.7 Å². The maximum Gasteiger partial charge on any atom is 0.295 e. The molecule has 1 amide bonds. The Kier molecular flexibility index (Phi) is 7.70. The molecular formula is C29H31FN2O4. The molecule has 0 bridgehead atoms. The molecule has 1 heterocycles. The van der Waals surface area contributed by atoms with Crippen molar-refractivity contribution in [1.29, 1.82) is 0 Å². The fraction of sp³-hybridized carbons (Fsp3) is 0.310. The summed E-state index contributed by atoms with van der Waals surface area (Å²) in [6, 6.07) is 15.8. The van der Waals surface area contributed by atoms with E-state index in [2.05, 4.69) is 18.7 Å². The molecule has 0 spiro atoms. The van der Waals surface area contributed by atoms with Gasteiger partial charge in [0.1, 0.15) is 17.3 Å². The van der Waals surface area contributed by atoms with Crippen molar-refractivity contribution in [3.05, 3.63) is 83.2 Å². The SMILES string of the molecule is CCN(CC)CCCN1C(=O)C(=O)/C(=C(/O)c2ccc3cc(OC)ccc3c2)C1c1ccccc1F. The lowest BCUT2D eigenvalue weighted by Crippen LogP contribution is -2.33. The van der Waals surface area contributed by atoms with Crippen LogP contribution in [-0.2, 0) is 9.59 Å². The van der Waals surface area contributed by atoms with Gasteiger partial charge in [-0.1, -0.05) is 50.2 Å². The van der Waals surface area contributed by atoms with Crippen molar-refractivity contribution in [3.63, 3.8) is 0 Å². The van der Waals surface area contributed by atoms with Crippen molar-refractivity contribution in [2.75, 3.05) is 33.3 Å². The molecular weight excluding hydrogens is 459 g/mol. The molecule has 0 saturated carbocycles. The lowest BCUT2D eigenvalue weighted by Gasteiger charge is -2.27. The Morgan fingerprint density at radius 2 is 1.72 bits per heavy atom. The minimum Gasteiger partial charge on any atom is -0.507 e. The van der Waals surface area contributed by atoms with Crippen LogP contribution in [0.3, 0.4) is 0 Å². The Labute approximate surface area is 210 Å². The number of Topliss-reactive ketones (excluding diaryl/α,β-unsaturated/α-hetero) is 1. The molecule has 1 fully saturated rings. The van der Waals surface area contributed by atoms with Crippen LogP contribution in [0, 0.1) is 5.82 Å². The molecule has 0 radical (unpaired) electrons. The number of halogens is 1. The number of aliphatic hydroxyl groups is 1. The second-order valence-corrected chi connectivity index (χ2v) is 8.82. The highest BCUT2D eigenvalue weighted by Gasteiger charge is 2.46. The number of ether oxygens (including phenoxy) is 1. The van der Waals surface area contributed by atoms with Gasteiger partial charge in [0.2, 0.25) is 0 Å². The number of benzene rings is 3. The molecule has 7 heteroatoms. The van der Waals surface area contributed by atoms with Gasteiger partial charge in [0.05, 0.1) is 18.7 Å². The normalized spacial score (nSPS) is 17.4. The molecule has 1 unspecified atom stereocenters.